The molecule has 1 rings (SSSR count). The summed E-state index contributed by atoms with van der Waals surface area (Å²) in [4.78, 5) is 0. The smallest absolute Gasteiger partial charge is 0.0398 e. The van der Waals surface area contributed by atoms with Crippen molar-refractivity contribution in [3.8, 4) is 0 Å². The van der Waals surface area contributed by atoms with Gasteiger partial charge in [0.15, 0.2) is 0 Å². The minimum Gasteiger partial charge on any atom is -0.274 e. The summed E-state index contributed by atoms with van der Waals surface area (Å²) in [6.07, 6.45) is 0. The van der Waals surface area contributed by atoms with Crippen LogP contribution in [0.25, 0.3) is 0 Å². The van der Waals surface area contributed by atoms with E-state index in [1.165, 1.54) is 5.56 Å². The molecule has 0 atom stereocenters. The van der Waals surface area contributed by atoms with Gasteiger partial charge in [0, 0.05) is 0 Å². The van der Waals surface area contributed by atoms with Gasteiger partial charge in [-0.3, -0.25) is 11.7 Å². The number of benzene rings is 1. The van der Waals surface area contributed by atoms with Gasteiger partial charge in [0.25, 0.3) is 0 Å². The highest BCUT2D eigenvalue weighted by atomic mass is 32.1. The van der Waals surface area contributed by atoms with E-state index in [2.05, 4.69) is 30.7 Å². The Bertz CT molecular complexity index is 142. The van der Waals surface area contributed by atoms with E-state index in [0.29, 0.717) is 0 Å². The van der Waals surface area contributed by atoms with Gasteiger partial charge >= 0.3 is 0 Å². The second kappa shape index (κ2) is 8.49. The predicted octanol–water partition coefficient (Wildman–Crippen LogP) is 0.927. The highest BCUT2D eigenvalue weighted by Crippen LogP contribution is 1.92. The molecule has 0 amide bonds. The summed E-state index contributed by atoms with van der Waals surface area (Å²) in [5, 5.41) is 0. The number of aryl methyl sites for hydroxylation is 1. The van der Waals surface area contributed by atoms with Crippen LogP contribution >= 0.6 is 13.5 Å². The first kappa shape index (κ1) is 12.2. The van der Waals surface area contributed by atoms with Crippen molar-refractivity contribution in [3.63, 3.8) is 0 Å². The summed E-state index contributed by atoms with van der Waals surface area (Å²) in [6, 6.07) is 10.3. The van der Waals surface area contributed by atoms with E-state index < -0.39 is 0 Å². The van der Waals surface area contributed by atoms with E-state index in [4.69, 9.17) is 0 Å². The van der Waals surface area contributed by atoms with Crippen LogP contribution in [0.1, 0.15) is 5.56 Å². The van der Waals surface area contributed by atoms with Crippen LogP contribution < -0.4 is 11.7 Å². The molecule has 0 heterocycles. The first-order valence-corrected chi connectivity index (χ1v) is 2.74. The van der Waals surface area contributed by atoms with Crippen molar-refractivity contribution in [3.05, 3.63) is 35.9 Å². The molecular weight excluding hydrogens is 144 g/mol. The standard InChI is InChI=1S/C7H8.H4N2.H2S/c1-7-5-3-2-4-6-7;1-2;/h2-6H,1H3;1-2H2;1H2. The molecule has 0 aliphatic rings. The van der Waals surface area contributed by atoms with E-state index in [9.17, 15) is 0 Å². The van der Waals surface area contributed by atoms with Crippen LogP contribution in [0, 0.1) is 6.92 Å². The molecule has 58 valence electrons. The van der Waals surface area contributed by atoms with E-state index in [-0.39, 0.29) is 13.5 Å². The van der Waals surface area contributed by atoms with Gasteiger partial charge in [-0.05, 0) is 6.92 Å². The van der Waals surface area contributed by atoms with Crippen molar-refractivity contribution in [2.24, 2.45) is 11.7 Å². The van der Waals surface area contributed by atoms with Gasteiger partial charge in [-0.25, -0.2) is 0 Å². The molecule has 3 heteroatoms. The van der Waals surface area contributed by atoms with Gasteiger partial charge < -0.3 is 0 Å². The average molecular weight is 158 g/mol. The fourth-order valence-corrected chi connectivity index (χ4v) is 0.534. The second-order valence-corrected chi connectivity index (χ2v) is 1.65. The second-order valence-electron chi connectivity index (χ2n) is 1.65. The molecule has 0 unspecified atom stereocenters. The quantitative estimate of drug-likeness (QED) is 0.436. The molecule has 0 saturated carbocycles. The molecule has 0 spiro atoms. The largest absolute Gasteiger partial charge is 0.274 e. The minimum atomic E-state index is 0. The molecule has 0 aliphatic carbocycles. The molecule has 4 N–H and O–H groups in total. The molecule has 2 nitrogen and oxygen atoms in total. The molecule has 0 radical (unpaired) electrons. The molecule has 1 aromatic carbocycles. The van der Waals surface area contributed by atoms with Crippen LogP contribution in [0.3, 0.4) is 0 Å². The summed E-state index contributed by atoms with van der Waals surface area (Å²) in [5.41, 5.74) is 1.32. The SMILES string of the molecule is Cc1ccccc1.NN.S. The Morgan fingerprint density at radius 1 is 1.00 bits per heavy atom. The number of rotatable bonds is 0. The number of hydrogen-bond acceptors (Lipinski definition) is 2. The van der Waals surface area contributed by atoms with Gasteiger partial charge in [0.2, 0.25) is 0 Å². The topological polar surface area (TPSA) is 52.0 Å². The van der Waals surface area contributed by atoms with Crippen LogP contribution in [-0.2, 0) is 0 Å². The van der Waals surface area contributed by atoms with Crippen LogP contribution in [0.4, 0.5) is 0 Å². The lowest BCUT2D eigenvalue weighted by Crippen LogP contribution is -2.02. The van der Waals surface area contributed by atoms with Gasteiger partial charge in [-0.1, -0.05) is 35.9 Å². The predicted molar refractivity (Wildman–Crippen MR) is 49.9 cm³/mol. The first-order chi connectivity index (χ1) is 4.39. The Morgan fingerprint density at radius 3 is 1.60 bits per heavy atom. The molecule has 10 heavy (non-hydrogen) atoms. The highest BCUT2D eigenvalue weighted by Gasteiger charge is 1.72. The summed E-state index contributed by atoms with van der Waals surface area (Å²) >= 11 is 0. The Labute approximate surface area is 68.6 Å². The summed E-state index contributed by atoms with van der Waals surface area (Å²) in [7, 11) is 0. The van der Waals surface area contributed by atoms with Crippen molar-refractivity contribution in [1.29, 1.82) is 0 Å². The highest BCUT2D eigenvalue weighted by molar-refractivity contribution is 7.59. The Morgan fingerprint density at radius 2 is 1.40 bits per heavy atom. The fraction of sp³-hybridized carbons (Fsp3) is 0.143. The van der Waals surface area contributed by atoms with E-state index in [1.54, 1.807) is 0 Å². The lowest BCUT2D eigenvalue weighted by molar-refractivity contribution is 1.26. The minimum absolute atomic E-state index is 0. The summed E-state index contributed by atoms with van der Waals surface area (Å²) in [5.74, 6) is 8.00. The molecule has 1 aromatic rings. The molecule has 0 aliphatic heterocycles. The van der Waals surface area contributed by atoms with Gasteiger partial charge in [0.05, 0.1) is 0 Å². The average Bonchev–Trinajstić information content (AvgIpc) is 1.94. The first-order valence-electron chi connectivity index (χ1n) is 2.74. The Hall–Kier alpha value is -0.510. The zero-order valence-electron chi connectivity index (χ0n) is 6.04. The maximum atomic E-state index is 4.00. The summed E-state index contributed by atoms with van der Waals surface area (Å²) in [6.45, 7) is 2.08. The molecular formula is C7H14N2S. The van der Waals surface area contributed by atoms with Crippen LogP contribution in [-0.4, -0.2) is 0 Å². The van der Waals surface area contributed by atoms with Crippen molar-refractivity contribution in [2.75, 3.05) is 0 Å². The van der Waals surface area contributed by atoms with Crippen LogP contribution in [0.15, 0.2) is 30.3 Å². The zero-order valence-corrected chi connectivity index (χ0v) is 7.04. The fourth-order valence-electron chi connectivity index (χ4n) is 0.534. The lowest BCUT2D eigenvalue weighted by Gasteiger charge is -1.82. The van der Waals surface area contributed by atoms with E-state index >= 15 is 0 Å². The van der Waals surface area contributed by atoms with Gasteiger partial charge in [0.1, 0.15) is 0 Å². The third-order valence-electron chi connectivity index (χ3n) is 0.940. The third kappa shape index (κ3) is 5.62. The van der Waals surface area contributed by atoms with Crippen molar-refractivity contribution in [2.45, 2.75) is 6.92 Å². The van der Waals surface area contributed by atoms with Crippen molar-refractivity contribution >= 4 is 13.5 Å². The maximum Gasteiger partial charge on any atom is -0.0398 e. The molecule has 0 saturated heterocycles. The van der Waals surface area contributed by atoms with Crippen LogP contribution in [0.2, 0.25) is 0 Å². The van der Waals surface area contributed by atoms with Crippen LogP contribution in [0.5, 0.6) is 0 Å². The van der Waals surface area contributed by atoms with Gasteiger partial charge in [-0.15, -0.1) is 0 Å². The number of hydrazine groups is 1. The van der Waals surface area contributed by atoms with E-state index in [1.807, 2.05) is 18.2 Å². The molecule has 0 bridgehead atoms. The molecule has 0 fully saturated rings. The zero-order chi connectivity index (χ0) is 7.11. The number of nitrogens with two attached hydrogens (primary N) is 2. The Balaban J connectivity index is 0. The van der Waals surface area contributed by atoms with E-state index in [0.717, 1.165) is 0 Å². The Kier molecular flexibility index (Phi) is 10.4. The molecule has 0 aromatic heterocycles. The van der Waals surface area contributed by atoms with Gasteiger partial charge in [-0.2, -0.15) is 13.5 Å². The number of hydrogen-bond donors (Lipinski definition) is 2. The lowest BCUT2D eigenvalue weighted by atomic mass is 10.2. The maximum absolute atomic E-state index is 4.00. The van der Waals surface area contributed by atoms with Crippen molar-refractivity contribution < 1.29 is 0 Å². The normalized spacial score (nSPS) is 6.70. The summed E-state index contributed by atoms with van der Waals surface area (Å²) < 4.78 is 0. The van der Waals surface area contributed by atoms with Crippen molar-refractivity contribution in [1.82, 2.24) is 0 Å². The monoisotopic (exact) mass is 158 g/mol. The third-order valence-corrected chi connectivity index (χ3v) is 0.940.